The normalized spacial score (nSPS) is 18.6. The molecule has 1 saturated heterocycles. The monoisotopic (exact) mass is 433 g/mol. The zero-order valence-electron chi connectivity index (χ0n) is 18.7. The van der Waals surface area contributed by atoms with E-state index in [4.69, 9.17) is 12.2 Å². The van der Waals surface area contributed by atoms with E-state index in [0.29, 0.717) is 0 Å². The molecule has 0 bridgehead atoms. The predicted octanol–water partition coefficient (Wildman–Crippen LogP) is 4.41. The van der Waals surface area contributed by atoms with Crippen molar-refractivity contribution in [1.82, 2.24) is 24.7 Å². The van der Waals surface area contributed by atoms with Crippen molar-refractivity contribution in [3.05, 3.63) is 83.4 Å². The predicted molar refractivity (Wildman–Crippen MR) is 131 cm³/mol. The van der Waals surface area contributed by atoms with Crippen molar-refractivity contribution < 1.29 is 0 Å². The second-order valence-electron chi connectivity index (χ2n) is 8.55. The molecule has 6 heteroatoms. The van der Waals surface area contributed by atoms with E-state index in [2.05, 4.69) is 95.2 Å². The van der Waals surface area contributed by atoms with Gasteiger partial charge in [0.25, 0.3) is 0 Å². The van der Waals surface area contributed by atoms with E-state index in [0.717, 1.165) is 30.3 Å². The molecule has 3 heterocycles. The number of nitrogens with zero attached hydrogens (tertiary/aromatic N) is 4. The quantitative estimate of drug-likeness (QED) is 0.559. The van der Waals surface area contributed by atoms with Crippen LogP contribution < -0.4 is 5.32 Å². The van der Waals surface area contributed by atoms with Crippen molar-refractivity contribution in [1.29, 1.82) is 0 Å². The Bertz CT molecular complexity index is 1040. The Morgan fingerprint density at radius 1 is 1.06 bits per heavy atom. The average molecular weight is 434 g/mol. The lowest BCUT2D eigenvalue weighted by Gasteiger charge is -2.29. The Morgan fingerprint density at radius 3 is 2.61 bits per heavy atom. The van der Waals surface area contributed by atoms with Gasteiger partial charge in [0.05, 0.1) is 17.8 Å². The van der Waals surface area contributed by atoms with Crippen molar-refractivity contribution >= 4 is 17.3 Å². The minimum Gasteiger partial charge on any atom is -0.352 e. The fourth-order valence-corrected chi connectivity index (χ4v) is 4.60. The highest BCUT2D eigenvalue weighted by atomic mass is 32.1. The van der Waals surface area contributed by atoms with Gasteiger partial charge in [0.15, 0.2) is 5.11 Å². The van der Waals surface area contributed by atoms with E-state index in [1.807, 2.05) is 18.3 Å². The summed E-state index contributed by atoms with van der Waals surface area (Å²) in [4.78, 5) is 9.22. The number of nitrogens with one attached hydrogen (secondary N) is 1. The first-order chi connectivity index (χ1) is 15.0. The summed E-state index contributed by atoms with van der Waals surface area (Å²) in [5, 5.41) is 4.36. The van der Waals surface area contributed by atoms with Gasteiger partial charge in [-0.2, -0.15) is 0 Å². The maximum Gasteiger partial charge on any atom is 0.170 e. The van der Waals surface area contributed by atoms with Crippen LogP contribution in [0.15, 0.2) is 60.9 Å². The minimum atomic E-state index is 0.00764. The smallest absolute Gasteiger partial charge is 0.170 e. The Kier molecular flexibility index (Phi) is 6.39. The fraction of sp³-hybridized carbons (Fsp3) is 0.360. The molecule has 1 aliphatic rings. The third-order valence-electron chi connectivity index (χ3n) is 6.05. The van der Waals surface area contributed by atoms with E-state index < -0.39 is 0 Å². The van der Waals surface area contributed by atoms with Gasteiger partial charge in [-0.15, -0.1) is 0 Å². The molecule has 3 aromatic rings. The summed E-state index contributed by atoms with van der Waals surface area (Å²) in [5.74, 6) is 0. The standard InChI is InChI=1S/C25H31N5S/c1-18-11-12-20(17-19(18)2)29-15-7-10-22(29)24-23(21-9-5-6-13-26-21)27-25(31)30(24)16-8-14-28(3)4/h5-7,9-13,15,17,23-24H,8,14,16H2,1-4H3,(H,27,31)/t23-,24-/m0/s1. The van der Waals surface area contributed by atoms with Crippen LogP contribution in [0.3, 0.4) is 0 Å². The molecule has 0 saturated carbocycles. The van der Waals surface area contributed by atoms with Crippen molar-refractivity contribution in [2.75, 3.05) is 27.2 Å². The first-order valence-electron chi connectivity index (χ1n) is 10.8. The second-order valence-corrected chi connectivity index (χ2v) is 8.94. The molecule has 0 spiro atoms. The lowest BCUT2D eigenvalue weighted by atomic mass is 10.0. The van der Waals surface area contributed by atoms with Crippen LogP contribution in [0.4, 0.5) is 0 Å². The highest BCUT2D eigenvalue weighted by Gasteiger charge is 2.40. The Hall–Kier alpha value is -2.70. The number of benzene rings is 1. The number of hydrogen-bond acceptors (Lipinski definition) is 3. The van der Waals surface area contributed by atoms with E-state index >= 15 is 0 Å². The molecule has 2 atom stereocenters. The SMILES string of the molecule is Cc1ccc(-n2cccc2[C@H]2[C@H](c3ccccn3)NC(=S)N2CCCN(C)C)cc1C. The van der Waals surface area contributed by atoms with Gasteiger partial charge >= 0.3 is 0 Å². The molecule has 162 valence electrons. The fourth-order valence-electron chi connectivity index (χ4n) is 4.27. The largest absolute Gasteiger partial charge is 0.352 e. The summed E-state index contributed by atoms with van der Waals surface area (Å²) in [7, 11) is 4.22. The van der Waals surface area contributed by atoms with Crippen LogP contribution in [-0.2, 0) is 0 Å². The van der Waals surface area contributed by atoms with Crippen LogP contribution in [0.5, 0.6) is 0 Å². The molecular formula is C25H31N5S. The molecule has 1 N–H and O–H groups in total. The molecular weight excluding hydrogens is 402 g/mol. The van der Waals surface area contributed by atoms with Crippen LogP contribution in [0.25, 0.3) is 5.69 Å². The van der Waals surface area contributed by atoms with Crippen molar-refractivity contribution in [3.63, 3.8) is 0 Å². The third kappa shape index (κ3) is 4.50. The van der Waals surface area contributed by atoms with Gasteiger partial charge < -0.3 is 19.7 Å². The van der Waals surface area contributed by atoms with Gasteiger partial charge in [-0.25, -0.2) is 0 Å². The second kappa shape index (κ2) is 9.20. The van der Waals surface area contributed by atoms with Gasteiger partial charge in [0, 0.05) is 30.3 Å². The highest BCUT2D eigenvalue weighted by molar-refractivity contribution is 7.80. The number of hydrogen-bond donors (Lipinski definition) is 1. The molecule has 0 unspecified atom stereocenters. The van der Waals surface area contributed by atoms with E-state index in [1.54, 1.807) is 0 Å². The van der Waals surface area contributed by atoms with Crippen LogP contribution in [-0.4, -0.2) is 51.6 Å². The van der Waals surface area contributed by atoms with Crippen molar-refractivity contribution in [2.24, 2.45) is 0 Å². The lowest BCUT2D eigenvalue weighted by molar-refractivity contribution is 0.286. The van der Waals surface area contributed by atoms with Crippen LogP contribution >= 0.6 is 12.2 Å². The van der Waals surface area contributed by atoms with Crippen molar-refractivity contribution in [2.45, 2.75) is 32.4 Å². The van der Waals surface area contributed by atoms with E-state index in [1.165, 1.54) is 22.5 Å². The summed E-state index contributed by atoms with van der Waals surface area (Å²) in [6.45, 7) is 6.24. The van der Waals surface area contributed by atoms with Crippen LogP contribution in [0.2, 0.25) is 0 Å². The Morgan fingerprint density at radius 2 is 1.90 bits per heavy atom. The zero-order chi connectivity index (χ0) is 22.0. The van der Waals surface area contributed by atoms with E-state index in [9.17, 15) is 0 Å². The number of thiocarbonyl (C=S) groups is 1. The molecule has 5 nitrogen and oxygen atoms in total. The van der Waals surface area contributed by atoms with E-state index in [-0.39, 0.29) is 12.1 Å². The van der Waals surface area contributed by atoms with Gasteiger partial charge in [-0.1, -0.05) is 12.1 Å². The number of rotatable bonds is 7. The van der Waals surface area contributed by atoms with Gasteiger partial charge in [0.1, 0.15) is 0 Å². The maximum absolute atomic E-state index is 5.81. The van der Waals surface area contributed by atoms with Crippen LogP contribution in [0.1, 0.15) is 41.0 Å². The molecule has 2 aromatic heterocycles. The van der Waals surface area contributed by atoms with Gasteiger partial charge in [0.2, 0.25) is 0 Å². The number of pyridine rings is 1. The zero-order valence-corrected chi connectivity index (χ0v) is 19.6. The molecule has 31 heavy (non-hydrogen) atoms. The third-order valence-corrected chi connectivity index (χ3v) is 6.41. The Balaban J connectivity index is 1.74. The first-order valence-corrected chi connectivity index (χ1v) is 11.2. The molecule has 4 rings (SSSR count). The summed E-state index contributed by atoms with van der Waals surface area (Å²) in [5.41, 5.74) is 6.00. The molecule has 1 aromatic carbocycles. The summed E-state index contributed by atoms with van der Waals surface area (Å²) in [6, 6.07) is 17.1. The molecule has 0 radical (unpaired) electrons. The number of aromatic nitrogens is 2. The number of aryl methyl sites for hydroxylation is 2. The first kappa shape index (κ1) is 21.5. The minimum absolute atomic E-state index is 0.00764. The molecule has 1 fully saturated rings. The molecule has 1 aliphatic heterocycles. The molecule has 0 aliphatic carbocycles. The van der Waals surface area contributed by atoms with Crippen LogP contribution in [0, 0.1) is 13.8 Å². The summed E-state index contributed by atoms with van der Waals surface area (Å²) >= 11 is 5.81. The maximum atomic E-state index is 5.81. The van der Waals surface area contributed by atoms with Gasteiger partial charge in [-0.3, -0.25) is 4.98 Å². The highest BCUT2D eigenvalue weighted by Crippen LogP contribution is 2.39. The summed E-state index contributed by atoms with van der Waals surface area (Å²) < 4.78 is 2.29. The van der Waals surface area contributed by atoms with Gasteiger partial charge in [-0.05, 0) is 101 Å². The summed E-state index contributed by atoms with van der Waals surface area (Å²) in [6.07, 6.45) is 5.05. The topological polar surface area (TPSA) is 36.3 Å². The lowest BCUT2D eigenvalue weighted by Crippen LogP contribution is -2.33. The molecule has 0 amide bonds. The van der Waals surface area contributed by atoms with Crippen molar-refractivity contribution in [3.8, 4) is 5.69 Å². The average Bonchev–Trinajstić information content (AvgIpc) is 3.35. The Labute approximate surface area is 190 Å².